The molecule has 0 aromatic heterocycles. The van der Waals surface area contributed by atoms with E-state index < -0.39 is 0 Å². The number of hydrogen-bond acceptors (Lipinski definition) is 1. The predicted molar refractivity (Wildman–Crippen MR) is 60.9 cm³/mol. The van der Waals surface area contributed by atoms with E-state index in [1.165, 1.54) is 24.2 Å². The van der Waals surface area contributed by atoms with Gasteiger partial charge in [-0.25, -0.2) is 0 Å². The Morgan fingerprint density at radius 2 is 1.69 bits per heavy atom. The van der Waals surface area contributed by atoms with Gasteiger partial charge in [-0.2, -0.15) is 0 Å². The number of allylic oxidation sites excluding steroid dienone is 2. The van der Waals surface area contributed by atoms with Crippen molar-refractivity contribution in [3.8, 4) is 0 Å². The number of ether oxygens (including phenoxy) is 1. The molecule has 13 heavy (non-hydrogen) atoms. The van der Waals surface area contributed by atoms with Crippen LogP contribution in [0.4, 0.5) is 0 Å². The van der Waals surface area contributed by atoms with Crippen LogP contribution in [0.3, 0.4) is 0 Å². The fourth-order valence-corrected chi connectivity index (χ4v) is 1.21. The van der Waals surface area contributed by atoms with Gasteiger partial charge in [0, 0.05) is 0 Å². The lowest BCUT2D eigenvalue weighted by Gasteiger charge is -2.17. The van der Waals surface area contributed by atoms with Crippen LogP contribution in [0.2, 0.25) is 0 Å². The van der Waals surface area contributed by atoms with Gasteiger partial charge in [0.1, 0.15) is 0 Å². The molecule has 0 saturated heterocycles. The van der Waals surface area contributed by atoms with Crippen molar-refractivity contribution in [2.24, 2.45) is 0 Å². The molecule has 1 rings (SSSR count). The molecule has 1 heteroatoms. The van der Waals surface area contributed by atoms with Gasteiger partial charge in [0.05, 0.1) is 12.4 Å². The van der Waals surface area contributed by atoms with E-state index in [0.717, 1.165) is 13.0 Å². The van der Waals surface area contributed by atoms with E-state index in [-0.39, 0.29) is 0 Å². The van der Waals surface area contributed by atoms with Gasteiger partial charge in [0.25, 0.3) is 0 Å². The lowest BCUT2D eigenvalue weighted by atomic mass is 10.1. The minimum Gasteiger partial charge on any atom is -0.498 e. The Balaban J connectivity index is 0. The first kappa shape index (κ1) is 15.0. The summed E-state index contributed by atoms with van der Waals surface area (Å²) >= 11 is 0. The van der Waals surface area contributed by atoms with Crippen LogP contribution in [0, 0.1) is 0 Å². The van der Waals surface area contributed by atoms with Crippen LogP contribution in [0.25, 0.3) is 0 Å². The predicted octanol–water partition coefficient (Wildman–Crippen LogP) is 4.53. The molecule has 0 amide bonds. The molecule has 0 fully saturated rings. The first-order valence-corrected chi connectivity index (χ1v) is 5.66. The van der Waals surface area contributed by atoms with Crippen LogP contribution in [-0.2, 0) is 4.74 Å². The second kappa shape index (κ2) is 11.5. The van der Waals surface area contributed by atoms with Crippen LogP contribution in [0.1, 0.15) is 60.8 Å². The van der Waals surface area contributed by atoms with Crippen molar-refractivity contribution in [2.45, 2.75) is 60.8 Å². The molecule has 0 saturated carbocycles. The molecule has 0 aliphatic carbocycles. The molecule has 0 spiro atoms. The van der Waals surface area contributed by atoms with Crippen molar-refractivity contribution in [3.63, 3.8) is 0 Å². The monoisotopic (exact) mass is 186 g/mol. The maximum atomic E-state index is 5.36. The molecule has 0 N–H and O–H groups in total. The molecule has 0 unspecified atom stereocenters. The molecule has 0 atom stereocenters. The molecule has 1 heterocycles. The fraction of sp³-hybridized carbons (Fsp3) is 0.833. The molecule has 0 bridgehead atoms. The second-order valence-corrected chi connectivity index (χ2v) is 2.47. The van der Waals surface area contributed by atoms with E-state index in [1.807, 2.05) is 27.7 Å². The van der Waals surface area contributed by atoms with Gasteiger partial charge >= 0.3 is 0 Å². The molecule has 1 aliphatic heterocycles. The molecular formula is C12H26O. The Labute approximate surface area is 84.2 Å². The third-order valence-electron chi connectivity index (χ3n) is 1.87. The summed E-state index contributed by atoms with van der Waals surface area (Å²) in [6, 6.07) is 0. The Morgan fingerprint density at radius 3 is 2.00 bits per heavy atom. The summed E-state index contributed by atoms with van der Waals surface area (Å²) in [6.07, 6.45) is 3.62. The minimum absolute atomic E-state index is 0.926. The first-order valence-electron chi connectivity index (χ1n) is 5.66. The third kappa shape index (κ3) is 6.68. The van der Waals surface area contributed by atoms with Gasteiger partial charge < -0.3 is 4.74 Å². The molecule has 0 aromatic rings. The normalized spacial score (nSPS) is 14.6. The van der Waals surface area contributed by atoms with E-state index >= 15 is 0 Å². The molecule has 80 valence electrons. The number of hydrogen-bond donors (Lipinski definition) is 0. The summed E-state index contributed by atoms with van der Waals surface area (Å²) in [5, 5.41) is 0. The van der Waals surface area contributed by atoms with E-state index in [9.17, 15) is 0 Å². The Bertz CT molecular complexity index is 125. The van der Waals surface area contributed by atoms with Crippen molar-refractivity contribution in [2.75, 3.05) is 6.61 Å². The summed E-state index contributed by atoms with van der Waals surface area (Å²) in [5.41, 5.74) is 1.50. The van der Waals surface area contributed by atoms with Crippen molar-refractivity contribution in [3.05, 3.63) is 11.3 Å². The fourth-order valence-electron chi connectivity index (χ4n) is 1.21. The highest BCUT2D eigenvalue weighted by Crippen LogP contribution is 2.20. The average Bonchev–Trinajstić information content (AvgIpc) is 2.24. The summed E-state index contributed by atoms with van der Waals surface area (Å²) in [4.78, 5) is 0. The smallest absolute Gasteiger partial charge is 0.0920 e. The largest absolute Gasteiger partial charge is 0.498 e. The van der Waals surface area contributed by atoms with Gasteiger partial charge in [0.2, 0.25) is 0 Å². The van der Waals surface area contributed by atoms with Crippen LogP contribution < -0.4 is 0 Å². The highest BCUT2D eigenvalue weighted by atomic mass is 16.5. The third-order valence-corrected chi connectivity index (χ3v) is 1.87. The standard InChI is InChI=1S/C8H14O.2C2H6/c1-3-8-5-4-6-9-7(8)2;2*1-2/h3-6H2,1-2H3;2*1-2H3. The molecular weight excluding hydrogens is 160 g/mol. The van der Waals surface area contributed by atoms with Crippen molar-refractivity contribution in [1.82, 2.24) is 0 Å². The molecule has 0 aromatic carbocycles. The maximum absolute atomic E-state index is 5.36. The first-order chi connectivity index (χ1) is 6.34. The van der Waals surface area contributed by atoms with Gasteiger partial charge in [0.15, 0.2) is 0 Å². The topological polar surface area (TPSA) is 9.23 Å². The molecule has 1 nitrogen and oxygen atoms in total. The molecule has 1 aliphatic rings. The SMILES string of the molecule is CC.CC.CCC1=C(C)OCCC1. The summed E-state index contributed by atoms with van der Waals surface area (Å²) < 4.78 is 5.36. The number of rotatable bonds is 1. The Morgan fingerprint density at radius 1 is 1.15 bits per heavy atom. The van der Waals surface area contributed by atoms with Crippen LogP contribution >= 0.6 is 0 Å². The highest BCUT2D eigenvalue weighted by Gasteiger charge is 2.06. The van der Waals surface area contributed by atoms with Gasteiger partial charge in [-0.05, 0) is 31.8 Å². The van der Waals surface area contributed by atoms with E-state index in [0.29, 0.717) is 0 Å². The van der Waals surface area contributed by atoms with Crippen LogP contribution in [-0.4, -0.2) is 6.61 Å². The lowest BCUT2D eigenvalue weighted by molar-refractivity contribution is 0.187. The van der Waals surface area contributed by atoms with Crippen molar-refractivity contribution in [1.29, 1.82) is 0 Å². The second-order valence-electron chi connectivity index (χ2n) is 2.47. The zero-order valence-electron chi connectivity index (χ0n) is 10.2. The van der Waals surface area contributed by atoms with E-state index in [2.05, 4.69) is 13.8 Å². The van der Waals surface area contributed by atoms with Crippen molar-refractivity contribution >= 4 is 0 Å². The maximum Gasteiger partial charge on any atom is 0.0920 e. The quantitative estimate of drug-likeness (QED) is 0.584. The van der Waals surface area contributed by atoms with Gasteiger partial charge in [-0.3, -0.25) is 0 Å². The summed E-state index contributed by atoms with van der Waals surface area (Å²) in [5.74, 6) is 1.17. The average molecular weight is 186 g/mol. The van der Waals surface area contributed by atoms with Gasteiger partial charge in [-0.1, -0.05) is 34.6 Å². The van der Waals surface area contributed by atoms with Crippen molar-refractivity contribution < 1.29 is 4.74 Å². The zero-order chi connectivity index (χ0) is 10.7. The van der Waals surface area contributed by atoms with E-state index in [4.69, 9.17) is 4.74 Å². The lowest BCUT2D eigenvalue weighted by Crippen LogP contribution is -2.03. The Hall–Kier alpha value is -0.460. The van der Waals surface area contributed by atoms with E-state index in [1.54, 1.807) is 0 Å². The molecule has 0 radical (unpaired) electrons. The van der Waals surface area contributed by atoms with Crippen LogP contribution in [0.15, 0.2) is 11.3 Å². The highest BCUT2D eigenvalue weighted by molar-refractivity contribution is 5.07. The summed E-state index contributed by atoms with van der Waals surface area (Å²) in [6.45, 7) is 13.2. The minimum atomic E-state index is 0.926. The van der Waals surface area contributed by atoms with Crippen LogP contribution in [0.5, 0.6) is 0 Å². The van der Waals surface area contributed by atoms with Gasteiger partial charge in [-0.15, -0.1) is 0 Å². The zero-order valence-corrected chi connectivity index (χ0v) is 10.2. The summed E-state index contributed by atoms with van der Waals surface area (Å²) in [7, 11) is 0. The Kier molecular flexibility index (Phi) is 13.3.